The molecule has 0 aliphatic carbocycles. The highest BCUT2D eigenvalue weighted by molar-refractivity contribution is 6.31. The van der Waals surface area contributed by atoms with Gasteiger partial charge in [0.2, 0.25) is 5.91 Å². The first kappa shape index (κ1) is 18.1. The highest BCUT2D eigenvalue weighted by Crippen LogP contribution is 2.22. The van der Waals surface area contributed by atoms with Crippen molar-refractivity contribution >= 4 is 23.2 Å². The number of amides is 1. The van der Waals surface area contributed by atoms with E-state index in [9.17, 15) is 4.79 Å². The maximum Gasteiger partial charge on any atom is 0.246 e. The van der Waals surface area contributed by atoms with Crippen molar-refractivity contribution in [2.45, 2.75) is 19.5 Å². The second-order valence-electron chi connectivity index (χ2n) is 6.04. The Morgan fingerprint density at radius 1 is 1.12 bits per heavy atom. The number of carbonyl (C=O) groups excluding carboxylic acids is 1. The molecule has 132 valence electrons. The van der Waals surface area contributed by atoms with Gasteiger partial charge < -0.3 is 5.32 Å². The summed E-state index contributed by atoms with van der Waals surface area (Å²) in [4.78, 5) is 17.0. The van der Waals surface area contributed by atoms with Crippen LogP contribution in [0.3, 0.4) is 0 Å². The van der Waals surface area contributed by atoms with Gasteiger partial charge in [0.25, 0.3) is 0 Å². The first-order chi connectivity index (χ1) is 12.6. The average molecular weight is 366 g/mol. The largest absolute Gasteiger partial charge is 0.324 e. The molecule has 1 aromatic heterocycles. The number of hydrogen-bond acceptors (Lipinski definition) is 3. The van der Waals surface area contributed by atoms with Crippen molar-refractivity contribution in [1.29, 1.82) is 0 Å². The Bertz CT molecular complexity index is 869. The number of halogens is 1. The van der Waals surface area contributed by atoms with Gasteiger partial charge in [0, 0.05) is 29.6 Å². The Morgan fingerprint density at radius 2 is 1.92 bits per heavy atom. The molecule has 4 nitrogen and oxygen atoms in total. The molecular formula is C21H20ClN3O. The van der Waals surface area contributed by atoms with Crippen molar-refractivity contribution < 1.29 is 4.79 Å². The van der Waals surface area contributed by atoms with Gasteiger partial charge in [0.15, 0.2) is 0 Å². The van der Waals surface area contributed by atoms with Gasteiger partial charge in [-0.05, 0) is 41.8 Å². The van der Waals surface area contributed by atoms with Crippen LogP contribution in [0.5, 0.6) is 0 Å². The number of anilines is 1. The molecule has 0 bridgehead atoms. The van der Waals surface area contributed by atoms with Gasteiger partial charge in [-0.2, -0.15) is 0 Å². The van der Waals surface area contributed by atoms with Gasteiger partial charge in [-0.1, -0.05) is 54.1 Å². The van der Waals surface area contributed by atoms with Crippen molar-refractivity contribution in [3.8, 4) is 0 Å². The molecule has 3 aromatic rings. The summed E-state index contributed by atoms with van der Waals surface area (Å²) in [5.74, 6) is -0.139. The fraction of sp³-hybridized carbons (Fsp3) is 0.143. The standard InChI is InChI=1S/C21H20ClN3O/c1-15-9-10-18(12-19(15)22)25-21(26)20(17-7-3-2-4-8-17)24-14-16-6-5-11-23-13-16/h2-13,20,24H,14H2,1H3,(H,25,26). The van der Waals surface area contributed by atoms with E-state index in [1.807, 2.05) is 61.5 Å². The number of hydrogen-bond donors (Lipinski definition) is 2. The maximum absolute atomic E-state index is 12.9. The molecule has 0 spiro atoms. The van der Waals surface area contributed by atoms with E-state index < -0.39 is 6.04 Å². The lowest BCUT2D eigenvalue weighted by atomic mass is 10.1. The Morgan fingerprint density at radius 3 is 2.62 bits per heavy atom. The zero-order valence-electron chi connectivity index (χ0n) is 14.4. The molecule has 0 radical (unpaired) electrons. The summed E-state index contributed by atoms with van der Waals surface area (Å²) in [7, 11) is 0. The minimum Gasteiger partial charge on any atom is -0.324 e. The molecule has 5 heteroatoms. The number of carbonyl (C=O) groups is 1. The normalized spacial score (nSPS) is 11.8. The molecule has 0 fully saturated rings. The number of pyridine rings is 1. The van der Waals surface area contributed by atoms with E-state index in [2.05, 4.69) is 15.6 Å². The van der Waals surface area contributed by atoms with Crippen LogP contribution in [0.2, 0.25) is 5.02 Å². The summed E-state index contributed by atoms with van der Waals surface area (Å²) < 4.78 is 0. The number of rotatable bonds is 6. The summed E-state index contributed by atoms with van der Waals surface area (Å²) in [6.07, 6.45) is 3.51. The molecular weight excluding hydrogens is 346 g/mol. The van der Waals surface area contributed by atoms with Crippen LogP contribution in [-0.2, 0) is 11.3 Å². The van der Waals surface area contributed by atoms with Crippen molar-refractivity contribution in [3.63, 3.8) is 0 Å². The van der Waals surface area contributed by atoms with Crippen LogP contribution in [-0.4, -0.2) is 10.9 Å². The lowest BCUT2D eigenvalue weighted by Gasteiger charge is -2.19. The minimum absolute atomic E-state index is 0.139. The lowest BCUT2D eigenvalue weighted by Crippen LogP contribution is -2.32. The van der Waals surface area contributed by atoms with Crippen molar-refractivity contribution in [2.75, 3.05) is 5.32 Å². The van der Waals surface area contributed by atoms with Crippen LogP contribution in [0.1, 0.15) is 22.7 Å². The predicted octanol–water partition coefficient (Wildman–Crippen LogP) is 4.51. The monoisotopic (exact) mass is 365 g/mol. The predicted molar refractivity (Wildman–Crippen MR) is 105 cm³/mol. The third-order valence-corrected chi connectivity index (χ3v) is 4.47. The van der Waals surface area contributed by atoms with E-state index in [-0.39, 0.29) is 5.91 Å². The summed E-state index contributed by atoms with van der Waals surface area (Å²) >= 11 is 6.16. The first-order valence-electron chi connectivity index (χ1n) is 8.38. The molecule has 1 heterocycles. The fourth-order valence-electron chi connectivity index (χ4n) is 2.62. The molecule has 1 amide bonds. The van der Waals surface area contributed by atoms with Gasteiger partial charge in [-0.3, -0.25) is 15.1 Å². The number of nitrogens with zero attached hydrogens (tertiary/aromatic N) is 1. The smallest absolute Gasteiger partial charge is 0.246 e. The molecule has 2 N–H and O–H groups in total. The molecule has 1 unspecified atom stereocenters. The second kappa shape index (κ2) is 8.61. The highest BCUT2D eigenvalue weighted by atomic mass is 35.5. The van der Waals surface area contributed by atoms with Crippen LogP contribution in [0.4, 0.5) is 5.69 Å². The molecule has 2 aromatic carbocycles. The minimum atomic E-state index is -0.489. The Balaban J connectivity index is 1.77. The third kappa shape index (κ3) is 4.69. The van der Waals surface area contributed by atoms with E-state index in [0.29, 0.717) is 17.3 Å². The van der Waals surface area contributed by atoms with E-state index >= 15 is 0 Å². The molecule has 0 saturated heterocycles. The topological polar surface area (TPSA) is 54.0 Å². The summed E-state index contributed by atoms with van der Waals surface area (Å²) in [5, 5.41) is 6.88. The second-order valence-corrected chi connectivity index (χ2v) is 6.45. The molecule has 26 heavy (non-hydrogen) atoms. The van der Waals surface area contributed by atoms with Crippen molar-refractivity contribution in [1.82, 2.24) is 10.3 Å². The average Bonchev–Trinajstić information content (AvgIpc) is 2.67. The number of aromatic nitrogens is 1. The maximum atomic E-state index is 12.9. The molecule has 1 atom stereocenters. The summed E-state index contributed by atoms with van der Waals surface area (Å²) in [6, 6.07) is 18.5. The van der Waals surface area contributed by atoms with E-state index in [1.165, 1.54) is 0 Å². The number of aryl methyl sites for hydroxylation is 1. The number of nitrogens with one attached hydrogen (secondary N) is 2. The SMILES string of the molecule is Cc1ccc(NC(=O)C(NCc2cccnc2)c2ccccc2)cc1Cl. The van der Waals surface area contributed by atoms with E-state index in [0.717, 1.165) is 16.7 Å². The number of benzene rings is 2. The Hall–Kier alpha value is -2.69. The van der Waals surface area contributed by atoms with Gasteiger partial charge in [0.1, 0.15) is 6.04 Å². The van der Waals surface area contributed by atoms with Crippen LogP contribution < -0.4 is 10.6 Å². The van der Waals surface area contributed by atoms with Gasteiger partial charge >= 0.3 is 0 Å². The van der Waals surface area contributed by atoms with Crippen LogP contribution >= 0.6 is 11.6 Å². The lowest BCUT2D eigenvalue weighted by molar-refractivity contribution is -0.118. The zero-order chi connectivity index (χ0) is 18.4. The van der Waals surface area contributed by atoms with Crippen molar-refractivity contribution in [2.24, 2.45) is 0 Å². The van der Waals surface area contributed by atoms with Crippen molar-refractivity contribution in [3.05, 3.63) is 94.8 Å². The van der Waals surface area contributed by atoms with Crippen LogP contribution in [0.25, 0.3) is 0 Å². The third-order valence-electron chi connectivity index (χ3n) is 4.07. The van der Waals surface area contributed by atoms with Gasteiger partial charge in [-0.25, -0.2) is 0 Å². The summed E-state index contributed by atoms with van der Waals surface area (Å²) in [5.41, 5.74) is 3.56. The van der Waals surface area contributed by atoms with E-state index in [1.54, 1.807) is 18.5 Å². The van der Waals surface area contributed by atoms with Gasteiger partial charge in [-0.15, -0.1) is 0 Å². The first-order valence-corrected chi connectivity index (χ1v) is 8.75. The van der Waals surface area contributed by atoms with Gasteiger partial charge in [0.05, 0.1) is 0 Å². The highest BCUT2D eigenvalue weighted by Gasteiger charge is 2.20. The van der Waals surface area contributed by atoms with E-state index in [4.69, 9.17) is 11.6 Å². The van der Waals surface area contributed by atoms with Crippen LogP contribution in [0.15, 0.2) is 73.1 Å². The molecule has 0 aliphatic rings. The molecule has 0 aliphatic heterocycles. The molecule has 0 saturated carbocycles. The fourth-order valence-corrected chi connectivity index (χ4v) is 2.80. The quantitative estimate of drug-likeness (QED) is 0.675. The Kier molecular flexibility index (Phi) is 6.00. The van der Waals surface area contributed by atoms with Crippen LogP contribution in [0, 0.1) is 6.92 Å². The summed E-state index contributed by atoms with van der Waals surface area (Å²) in [6.45, 7) is 2.46. The molecule has 3 rings (SSSR count). The zero-order valence-corrected chi connectivity index (χ0v) is 15.2. The Labute approximate surface area is 158 Å².